The average molecular weight is 271 g/mol. The van der Waals surface area contributed by atoms with Crippen LogP contribution in [-0.2, 0) is 6.18 Å². The third-order valence-electron chi connectivity index (χ3n) is 2.38. The minimum atomic E-state index is -4.70. The van der Waals surface area contributed by atoms with Crippen molar-refractivity contribution in [3.8, 4) is 12.3 Å². The lowest BCUT2D eigenvalue weighted by molar-refractivity contribution is -0.138. The Hall–Kier alpha value is -2.16. The highest BCUT2D eigenvalue weighted by atomic mass is 19.4. The van der Waals surface area contributed by atoms with Crippen LogP contribution in [0.1, 0.15) is 28.8 Å². The fourth-order valence-electron chi connectivity index (χ4n) is 1.50. The zero-order chi connectivity index (χ0) is 14.5. The van der Waals surface area contributed by atoms with Crippen LogP contribution < -0.4 is 5.32 Å². The number of alkyl halides is 3. The molecule has 1 aromatic carbocycles. The van der Waals surface area contributed by atoms with Crippen molar-refractivity contribution >= 4 is 11.7 Å². The molecule has 6 heteroatoms. The first-order valence-corrected chi connectivity index (χ1v) is 5.48. The maximum Gasteiger partial charge on any atom is 0.417 e. The molecule has 0 fully saturated rings. The Morgan fingerprint density at radius 1 is 1.42 bits per heavy atom. The highest BCUT2D eigenvalue weighted by molar-refractivity contribution is 5.90. The summed E-state index contributed by atoms with van der Waals surface area (Å²) < 4.78 is 38.1. The summed E-state index contributed by atoms with van der Waals surface area (Å²) >= 11 is 0. The molecular weight excluding hydrogens is 259 g/mol. The number of hydrogen-bond acceptors (Lipinski definition) is 2. The van der Waals surface area contributed by atoms with Crippen molar-refractivity contribution in [2.75, 3.05) is 11.9 Å². The van der Waals surface area contributed by atoms with Crippen LogP contribution >= 0.6 is 0 Å². The molecule has 1 aromatic rings. The molecule has 2 N–H and O–H groups in total. The standard InChI is InChI=1S/C13H12F3NO2/c1-2-3-4-7-17-9-5-6-10(12(18)19)11(8-9)13(14,15)16/h1,5-6,8,17H,3-4,7H2,(H,18,19). The van der Waals surface area contributed by atoms with Crippen LogP contribution in [0.5, 0.6) is 0 Å². The summed E-state index contributed by atoms with van der Waals surface area (Å²) in [6.07, 6.45) is 1.49. The summed E-state index contributed by atoms with van der Waals surface area (Å²) in [4.78, 5) is 10.7. The molecule has 0 atom stereocenters. The zero-order valence-corrected chi connectivity index (χ0v) is 9.92. The second-order valence-corrected chi connectivity index (χ2v) is 3.80. The van der Waals surface area contributed by atoms with Gasteiger partial charge in [-0.25, -0.2) is 4.79 Å². The maximum absolute atomic E-state index is 12.7. The van der Waals surface area contributed by atoms with Gasteiger partial charge in [0.1, 0.15) is 0 Å². The van der Waals surface area contributed by atoms with Gasteiger partial charge in [-0.2, -0.15) is 13.2 Å². The van der Waals surface area contributed by atoms with Crippen LogP contribution in [0.3, 0.4) is 0 Å². The van der Waals surface area contributed by atoms with Crippen molar-refractivity contribution in [2.24, 2.45) is 0 Å². The van der Waals surface area contributed by atoms with Gasteiger partial charge in [0.25, 0.3) is 0 Å². The number of carboxylic acids is 1. The minimum absolute atomic E-state index is 0.217. The third-order valence-corrected chi connectivity index (χ3v) is 2.38. The van der Waals surface area contributed by atoms with Gasteiger partial charge in [-0.1, -0.05) is 0 Å². The Bertz CT molecular complexity index is 504. The van der Waals surface area contributed by atoms with Gasteiger partial charge in [0.15, 0.2) is 0 Å². The number of anilines is 1. The summed E-state index contributed by atoms with van der Waals surface area (Å²) in [5.41, 5.74) is -1.71. The van der Waals surface area contributed by atoms with E-state index < -0.39 is 23.3 Å². The number of rotatable bonds is 5. The number of hydrogen-bond donors (Lipinski definition) is 2. The van der Waals surface area contributed by atoms with Crippen molar-refractivity contribution in [3.63, 3.8) is 0 Å². The molecule has 0 heterocycles. The molecule has 0 saturated heterocycles. The van der Waals surface area contributed by atoms with Crippen LogP contribution in [0, 0.1) is 12.3 Å². The minimum Gasteiger partial charge on any atom is -0.478 e. The molecule has 0 radical (unpaired) electrons. The van der Waals surface area contributed by atoms with E-state index in [9.17, 15) is 18.0 Å². The smallest absolute Gasteiger partial charge is 0.417 e. The number of nitrogens with one attached hydrogen (secondary N) is 1. The van der Waals surface area contributed by atoms with Crippen LogP contribution in [0.4, 0.5) is 18.9 Å². The van der Waals surface area contributed by atoms with Gasteiger partial charge in [0.05, 0.1) is 11.1 Å². The van der Waals surface area contributed by atoms with Crippen LogP contribution in [0.15, 0.2) is 18.2 Å². The number of halogens is 3. The molecule has 3 nitrogen and oxygen atoms in total. The number of terminal acetylenes is 1. The molecule has 102 valence electrons. The van der Waals surface area contributed by atoms with E-state index in [-0.39, 0.29) is 5.69 Å². The van der Waals surface area contributed by atoms with Crippen LogP contribution in [0.2, 0.25) is 0 Å². The van der Waals surface area contributed by atoms with Crippen molar-refractivity contribution in [2.45, 2.75) is 19.0 Å². The lowest BCUT2D eigenvalue weighted by atomic mass is 10.1. The fraction of sp³-hybridized carbons (Fsp3) is 0.308. The van der Waals surface area contributed by atoms with E-state index in [1.807, 2.05) is 0 Å². The lowest BCUT2D eigenvalue weighted by Gasteiger charge is -2.13. The van der Waals surface area contributed by atoms with E-state index in [1.165, 1.54) is 6.07 Å². The summed E-state index contributed by atoms with van der Waals surface area (Å²) in [7, 11) is 0. The van der Waals surface area contributed by atoms with Gasteiger partial charge in [-0.15, -0.1) is 12.3 Å². The number of benzene rings is 1. The SMILES string of the molecule is C#CCCCNc1ccc(C(=O)O)c(C(F)(F)F)c1. The fourth-order valence-corrected chi connectivity index (χ4v) is 1.50. The molecule has 0 amide bonds. The van der Waals surface area contributed by atoms with E-state index in [2.05, 4.69) is 11.2 Å². The summed E-state index contributed by atoms with van der Waals surface area (Å²) in [5, 5.41) is 11.5. The average Bonchev–Trinajstić information content (AvgIpc) is 2.33. The monoisotopic (exact) mass is 271 g/mol. The van der Waals surface area contributed by atoms with Crippen LogP contribution in [-0.4, -0.2) is 17.6 Å². The van der Waals surface area contributed by atoms with Gasteiger partial charge in [0, 0.05) is 18.7 Å². The molecule has 0 spiro atoms. The Labute approximate surface area is 108 Å². The summed E-state index contributed by atoms with van der Waals surface area (Å²) in [5.74, 6) is 0.811. The molecular formula is C13H12F3NO2. The normalized spacial score (nSPS) is 10.8. The first-order chi connectivity index (χ1) is 8.86. The van der Waals surface area contributed by atoms with E-state index in [0.29, 0.717) is 19.4 Å². The van der Waals surface area contributed by atoms with Crippen molar-refractivity contribution in [3.05, 3.63) is 29.3 Å². The van der Waals surface area contributed by atoms with Crippen LogP contribution in [0.25, 0.3) is 0 Å². The van der Waals surface area contributed by atoms with Gasteiger partial charge in [-0.05, 0) is 24.6 Å². The third kappa shape index (κ3) is 4.21. The summed E-state index contributed by atoms with van der Waals surface area (Å²) in [6.45, 7) is 0.425. The van der Waals surface area contributed by atoms with Crippen molar-refractivity contribution in [1.29, 1.82) is 0 Å². The van der Waals surface area contributed by atoms with Gasteiger partial charge < -0.3 is 10.4 Å². The first-order valence-electron chi connectivity index (χ1n) is 5.48. The maximum atomic E-state index is 12.7. The summed E-state index contributed by atoms with van der Waals surface area (Å²) in [6, 6.07) is 3.03. The Balaban J connectivity index is 2.93. The highest BCUT2D eigenvalue weighted by Gasteiger charge is 2.35. The van der Waals surface area contributed by atoms with Crippen molar-refractivity contribution < 1.29 is 23.1 Å². The Morgan fingerprint density at radius 3 is 2.63 bits per heavy atom. The zero-order valence-electron chi connectivity index (χ0n) is 9.92. The first kappa shape index (κ1) is 14.9. The number of unbranched alkanes of at least 4 members (excludes halogenated alkanes) is 1. The van der Waals surface area contributed by atoms with Gasteiger partial charge >= 0.3 is 12.1 Å². The molecule has 0 aliphatic carbocycles. The van der Waals surface area contributed by atoms with E-state index in [4.69, 9.17) is 11.5 Å². The van der Waals surface area contributed by atoms with Gasteiger partial charge in [-0.3, -0.25) is 0 Å². The predicted octanol–water partition coefficient (Wildman–Crippen LogP) is 3.23. The molecule has 19 heavy (non-hydrogen) atoms. The molecule has 0 aromatic heterocycles. The second-order valence-electron chi connectivity index (χ2n) is 3.80. The Morgan fingerprint density at radius 2 is 2.11 bits per heavy atom. The highest BCUT2D eigenvalue weighted by Crippen LogP contribution is 2.33. The second kappa shape index (κ2) is 6.14. The lowest BCUT2D eigenvalue weighted by Crippen LogP contribution is -2.14. The van der Waals surface area contributed by atoms with Gasteiger partial charge in [0.2, 0.25) is 0 Å². The quantitative estimate of drug-likeness (QED) is 0.638. The number of aromatic carboxylic acids is 1. The predicted molar refractivity (Wildman–Crippen MR) is 65.0 cm³/mol. The van der Waals surface area contributed by atoms with E-state index in [1.54, 1.807) is 0 Å². The Kier molecular flexibility index (Phi) is 4.81. The molecule has 0 aliphatic heterocycles. The van der Waals surface area contributed by atoms with Crippen molar-refractivity contribution in [1.82, 2.24) is 0 Å². The molecule has 0 saturated carbocycles. The molecule has 0 unspecified atom stereocenters. The molecule has 1 rings (SSSR count). The topological polar surface area (TPSA) is 49.3 Å². The number of carbonyl (C=O) groups is 1. The largest absolute Gasteiger partial charge is 0.478 e. The molecule has 0 bridgehead atoms. The van der Waals surface area contributed by atoms with E-state index >= 15 is 0 Å². The van der Waals surface area contributed by atoms with E-state index in [0.717, 1.165) is 12.1 Å². The number of carboxylic acid groups (broad SMARTS) is 1. The molecule has 0 aliphatic rings.